The van der Waals surface area contributed by atoms with E-state index in [-0.39, 0.29) is 37.3 Å². The fourth-order valence-electron chi connectivity index (χ4n) is 9.32. The van der Waals surface area contributed by atoms with Crippen molar-refractivity contribution in [2.24, 2.45) is 17.3 Å². The Morgan fingerprint density at radius 2 is 1.97 bits per heavy atom. The smallest absolute Gasteiger partial charge is 0.324 e. The summed E-state index contributed by atoms with van der Waals surface area (Å²) in [5.74, 6) is -2.63. The molecule has 0 saturated carbocycles. The quantitative estimate of drug-likeness (QED) is 0.161. The van der Waals surface area contributed by atoms with Crippen LogP contribution in [0.2, 0.25) is 0 Å². The lowest BCUT2D eigenvalue weighted by Gasteiger charge is -2.36. The number of methoxy groups -OCH3 is 1. The average molecular weight is 881 g/mol. The van der Waals surface area contributed by atoms with Crippen LogP contribution in [0.1, 0.15) is 70.1 Å². The zero-order chi connectivity index (χ0) is 45.2. The van der Waals surface area contributed by atoms with Gasteiger partial charge in [0.1, 0.15) is 18.1 Å². The van der Waals surface area contributed by atoms with Gasteiger partial charge in [-0.1, -0.05) is 40.3 Å². The number of likely N-dealkylation sites (tertiary alicyclic amines) is 1. The molecular weight excluding hydrogens is 821 g/mol. The van der Waals surface area contributed by atoms with Gasteiger partial charge in [0, 0.05) is 85.8 Å². The number of pyridine rings is 1. The summed E-state index contributed by atoms with van der Waals surface area (Å²) in [4.78, 5) is 81.7. The molecule has 1 aromatic carbocycles. The molecular formula is C47H60N8O7S. The lowest BCUT2D eigenvalue weighted by molar-refractivity contribution is -0.155. The zero-order valence-electron chi connectivity index (χ0n) is 37.4. The number of nitrogens with zero attached hydrogens (tertiary/aromatic N) is 6. The van der Waals surface area contributed by atoms with E-state index in [1.165, 1.54) is 27.3 Å². The normalized spacial score (nSPS) is 20.9. The predicted molar refractivity (Wildman–Crippen MR) is 241 cm³/mol. The molecule has 7 rings (SSSR count). The van der Waals surface area contributed by atoms with E-state index in [4.69, 9.17) is 19.4 Å². The van der Waals surface area contributed by atoms with E-state index in [0.717, 1.165) is 44.7 Å². The first-order valence-electron chi connectivity index (χ1n) is 21.9. The van der Waals surface area contributed by atoms with E-state index in [0.29, 0.717) is 56.9 Å². The Bertz CT molecular complexity index is 2390. The Kier molecular flexibility index (Phi) is 13.8. The van der Waals surface area contributed by atoms with Gasteiger partial charge < -0.3 is 29.2 Å². The number of aromatic nitrogens is 3. The van der Waals surface area contributed by atoms with Crippen LogP contribution in [0.4, 0.5) is 0 Å². The van der Waals surface area contributed by atoms with Gasteiger partial charge in [-0.05, 0) is 74.4 Å². The van der Waals surface area contributed by atoms with Crippen molar-refractivity contribution in [3.05, 3.63) is 70.8 Å². The van der Waals surface area contributed by atoms with Crippen molar-refractivity contribution in [2.45, 2.75) is 98.0 Å². The van der Waals surface area contributed by atoms with Gasteiger partial charge in [0.2, 0.25) is 17.7 Å². The first-order chi connectivity index (χ1) is 30.1. The third-order valence-electron chi connectivity index (χ3n) is 12.4. The number of carbonyl (C=O) groups is 5. The highest BCUT2D eigenvalue weighted by Crippen LogP contribution is 2.41. The van der Waals surface area contributed by atoms with E-state index in [1.54, 1.807) is 25.3 Å². The van der Waals surface area contributed by atoms with Crippen LogP contribution >= 0.6 is 11.3 Å². The molecule has 4 aromatic rings. The lowest BCUT2D eigenvalue weighted by atomic mass is 9.84. The van der Waals surface area contributed by atoms with E-state index in [1.807, 2.05) is 25.3 Å². The summed E-state index contributed by atoms with van der Waals surface area (Å²) in [5, 5.41) is 8.08. The lowest BCUT2D eigenvalue weighted by Crippen LogP contribution is -2.62. The van der Waals surface area contributed by atoms with Gasteiger partial charge in [-0.2, -0.15) is 0 Å². The van der Waals surface area contributed by atoms with Gasteiger partial charge >= 0.3 is 5.97 Å². The molecule has 336 valence electrons. The molecule has 4 amide bonds. The Morgan fingerprint density at radius 3 is 2.70 bits per heavy atom. The van der Waals surface area contributed by atoms with E-state index in [2.05, 4.69) is 66.9 Å². The number of ether oxygens (including phenoxy) is 2. The van der Waals surface area contributed by atoms with Crippen molar-refractivity contribution < 1.29 is 33.4 Å². The Hall–Kier alpha value is -5.45. The summed E-state index contributed by atoms with van der Waals surface area (Å²) in [6.45, 7) is 15.7. The summed E-state index contributed by atoms with van der Waals surface area (Å²) in [6, 6.07) is 7.60. The molecule has 0 radical (unpaired) electrons. The van der Waals surface area contributed by atoms with Gasteiger partial charge in [-0.25, -0.2) is 10.4 Å². The Labute approximate surface area is 373 Å². The van der Waals surface area contributed by atoms with Gasteiger partial charge in [-0.15, -0.1) is 11.3 Å². The van der Waals surface area contributed by atoms with Crippen molar-refractivity contribution >= 4 is 51.8 Å². The van der Waals surface area contributed by atoms with Crippen LogP contribution in [0.3, 0.4) is 0 Å². The molecule has 6 bridgehead atoms. The van der Waals surface area contributed by atoms with Crippen molar-refractivity contribution in [3.63, 3.8) is 0 Å². The summed E-state index contributed by atoms with van der Waals surface area (Å²) in [7, 11) is 3.26. The van der Waals surface area contributed by atoms with Crippen LogP contribution in [0, 0.1) is 17.3 Å². The van der Waals surface area contributed by atoms with Crippen LogP contribution in [-0.4, -0.2) is 117 Å². The highest BCUT2D eigenvalue weighted by atomic mass is 32.1. The van der Waals surface area contributed by atoms with Gasteiger partial charge in [-0.3, -0.25) is 34.0 Å². The number of nitrogens with one attached hydrogen (secondary N) is 2. The van der Waals surface area contributed by atoms with Crippen LogP contribution in [0.5, 0.6) is 0 Å². The second-order valence-electron chi connectivity index (χ2n) is 18.0. The van der Waals surface area contributed by atoms with Crippen molar-refractivity contribution in [3.8, 4) is 22.5 Å². The first kappa shape index (κ1) is 45.6. The Balaban J connectivity index is 1.26. The molecule has 3 aliphatic rings. The zero-order valence-corrected chi connectivity index (χ0v) is 38.3. The number of carbonyl (C=O) groups excluding carboxylic acids is 5. The monoisotopic (exact) mass is 880 g/mol. The second-order valence-corrected chi connectivity index (χ2v) is 18.9. The summed E-state index contributed by atoms with van der Waals surface area (Å²) < 4.78 is 14.0. The molecule has 4 atom stereocenters. The molecule has 16 heteroatoms. The van der Waals surface area contributed by atoms with Crippen LogP contribution in [0.15, 0.2) is 54.6 Å². The molecule has 0 aliphatic carbocycles. The molecule has 1 unspecified atom stereocenters. The number of rotatable bonds is 10. The Morgan fingerprint density at radius 1 is 1.17 bits per heavy atom. The number of cyclic esters (lactones) is 1. The van der Waals surface area contributed by atoms with Crippen LogP contribution in [-0.2, 0) is 59.4 Å². The number of hydrazine groups is 1. The minimum absolute atomic E-state index is 0.0770. The van der Waals surface area contributed by atoms with Crippen LogP contribution in [0.25, 0.3) is 33.4 Å². The topological polar surface area (TPSA) is 168 Å². The standard InChI is InChI=1S/C47H60N8O7S/c1-9-40(56)53-20-17-30(24-53)44(58)52(7)41(28(3)4)43(57)50-35-22-39-49-37(26-63-39)29-15-16-38-32(21-29)33(42(54(38)10-2)31-13-11-18-48-36(31)25-61-8)23-47(5,6)27-62-46(60)34-14-12-19-55(51-34)45(35)59/h9,11,13,15-16,18,21,26,28,30,34-35,41,51H,1,10,12,14,17,19-20,22-25,27H2,2-8H3,(H,50,57)/t30-,34-,35-,41?/m0/s1. The van der Waals surface area contributed by atoms with Crippen molar-refractivity contribution in [1.82, 2.24) is 40.1 Å². The fourth-order valence-corrected chi connectivity index (χ4v) is 10.2. The highest BCUT2D eigenvalue weighted by Gasteiger charge is 2.40. The maximum atomic E-state index is 14.6. The third-order valence-corrected chi connectivity index (χ3v) is 13.3. The average Bonchev–Trinajstić information content (AvgIpc) is 4.03. The summed E-state index contributed by atoms with van der Waals surface area (Å²) >= 11 is 1.40. The maximum absolute atomic E-state index is 14.6. The molecule has 6 heterocycles. The number of hydrogen-bond acceptors (Lipinski definition) is 11. The van der Waals surface area contributed by atoms with Crippen molar-refractivity contribution in [2.75, 3.05) is 40.4 Å². The minimum atomic E-state index is -1.08. The summed E-state index contributed by atoms with van der Waals surface area (Å²) in [6.07, 6.45) is 5.16. The largest absolute Gasteiger partial charge is 0.464 e. The van der Waals surface area contributed by atoms with E-state index >= 15 is 0 Å². The number of esters is 1. The van der Waals surface area contributed by atoms with E-state index < -0.39 is 47.2 Å². The molecule has 3 aliphatic heterocycles. The first-order valence-corrected chi connectivity index (χ1v) is 22.8. The minimum Gasteiger partial charge on any atom is -0.464 e. The van der Waals surface area contributed by atoms with Gasteiger partial charge in [0.05, 0.1) is 41.2 Å². The molecule has 2 saturated heterocycles. The second kappa shape index (κ2) is 19.1. The molecule has 0 spiro atoms. The number of hydrogen-bond donors (Lipinski definition) is 2. The molecule has 15 nitrogen and oxygen atoms in total. The predicted octanol–water partition coefficient (Wildman–Crippen LogP) is 5.16. The third kappa shape index (κ3) is 9.58. The molecule has 2 N–H and O–H groups in total. The van der Waals surface area contributed by atoms with Gasteiger partial charge in [0.25, 0.3) is 5.91 Å². The summed E-state index contributed by atoms with van der Waals surface area (Å²) in [5.41, 5.74) is 9.26. The number of likely N-dealkylation sites (N-methyl/N-ethyl adjacent to an activating group) is 1. The molecule has 63 heavy (non-hydrogen) atoms. The molecule has 3 aromatic heterocycles. The van der Waals surface area contributed by atoms with Crippen LogP contribution < -0.4 is 10.7 Å². The van der Waals surface area contributed by atoms with Crippen molar-refractivity contribution in [1.29, 1.82) is 0 Å². The highest BCUT2D eigenvalue weighted by molar-refractivity contribution is 7.10. The maximum Gasteiger partial charge on any atom is 0.324 e. The number of thiazole rings is 1. The molecule has 2 fully saturated rings. The number of amides is 4. The number of fused-ring (bicyclic) bond motifs is 6. The van der Waals surface area contributed by atoms with Gasteiger partial charge in [0.15, 0.2) is 0 Å². The number of benzene rings is 1. The fraction of sp³-hybridized carbons (Fsp3) is 0.511. The SMILES string of the molecule is C=CC(=O)N1CC[C@H](C(=O)N(C)C(C(=O)N[C@H]2Cc3nc(cs3)-c3ccc4c(c3)c(c(-c3cccnc3COC)n4CC)CC(C)(C)COC(=O)[C@@H]3CCCN(N3)C2=O)C(C)C)C1. The number of aryl methyl sites for hydroxylation is 1. The van der Waals surface area contributed by atoms with E-state index in [9.17, 15) is 24.0 Å².